The van der Waals surface area contributed by atoms with Crippen molar-refractivity contribution in [3.63, 3.8) is 0 Å². The second-order valence-corrected chi connectivity index (χ2v) is 5.14. The van der Waals surface area contributed by atoms with E-state index in [1.54, 1.807) is 0 Å². The molecule has 1 aliphatic carbocycles. The van der Waals surface area contributed by atoms with Crippen LogP contribution in [0.1, 0.15) is 57.2 Å². The Morgan fingerprint density at radius 1 is 1.18 bits per heavy atom. The molecule has 0 spiro atoms. The first-order chi connectivity index (χ1) is 8.45. The quantitative estimate of drug-likeness (QED) is 0.770. The largest absolute Gasteiger partial charge is 0.349 e. The summed E-state index contributed by atoms with van der Waals surface area (Å²) in [7, 11) is 0. The van der Waals surface area contributed by atoms with E-state index in [2.05, 4.69) is 15.3 Å². The number of aryl methyl sites for hydroxylation is 1. The number of H-pyrrole nitrogens is 1. The first-order valence-corrected chi connectivity index (χ1v) is 7.17. The Balaban J connectivity index is 1.57. The first kappa shape index (κ1) is 12.6. The van der Waals surface area contributed by atoms with E-state index in [9.17, 15) is 0 Å². The highest BCUT2D eigenvalue weighted by molar-refractivity contribution is 4.86. The van der Waals surface area contributed by atoms with E-state index in [4.69, 9.17) is 0 Å². The maximum atomic E-state index is 4.24. The molecule has 0 radical (unpaired) electrons. The number of rotatable bonds is 5. The van der Waals surface area contributed by atoms with Crippen LogP contribution in [-0.2, 0) is 6.42 Å². The van der Waals surface area contributed by atoms with E-state index in [1.165, 1.54) is 51.4 Å². The molecule has 1 fully saturated rings. The maximum absolute atomic E-state index is 4.24. The van der Waals surface area contributed by atoms with Gasteiger partial charge in [-0.05, 0) is 25.8 Å². The summed E-state index contributed by atoms with van der Waals surface area (Å²) < 4.78 is 0. The molecule has 0 aliphatic heterocycles. The molecule has 1 aromatic rings. The van der Waals surface area contributed by atoms with Crippen LogP contribution in [0.15, 0.2) is 12.4 Å². The fourth-order valence-electron chi connectivity index (χ4n) is 2.66. The molecule has 1 aromatic heterocycles. The number of nitrogens with one attached hydrogen (secondary N) is 2. The molecular formula is C14H25N3. The van der Waals surface area contributed by atoms with Gasteiger partial charge in [0.2, 0.25) is 0 Å². The molecule has 0 aromatic carbocycles. The molecule has 0 amide bonds. The van der Waals surface area contributed by atoms with Crippen LogP contribution in [0.3, 0.4) is 0 Å². The fraction of sp³-hybridized carbons (Fsp3) is 0.786. The summed E-state index contributed by atoms with van der Waals surface area (Å²) in [6.07, 6.45) is 15.9. The van der Waals surface area contributed by atoms with Gasteiger partial charge in [0.25, 0.3) is 0 Å². The van der Waals surface area contributed by atoms with Gasteiger partial charge in [-0.3, -0.25) is 0 Å². The average Bonchev–Trinajstić information content (AvgIpc) is 2.79. The minimum Gasteiger partial charge on any atom is -0.349 e. The Kier molecular flexibility index (Phi) is 5.56. The summed E-state index contributed by atoms with van der Waals surface area (Å²) in [6.45, 7) is 1.13. The minimum absolute atomic E-state index is 0.770. The first-order valence-electron chi connectivity index (χ1n) is 7.17. The van der Waals surface area contributed by atoms with Crippen LogP contribution >= 0.6 is 0 Å². The van der Waals surface area contributed by atoms with Crippen LogP contribution in [0.4, 0.5) is 0 Å². The summed E-state index contributed by atoms with van der Waals surface area (Å²) in [5.74, 6) is 1.12. The van der Waals surface area contributed by atoms with Gasteiger partial charge < -0.3 is 10.3 Å². The van der Waals surface area contributed by atoms with Crippen molar-refractivity contribution < 1.29 is 0 Å². The average molecular weight is 235 g/mol. The molecule has 1 saturated carbocycles. The van der Waals surface area contributed by atoms with Crippen molar-refractivity contribution >= 4 is 0 Å². The Labute approximate surface area is 104 Å². The van der Waals surface area contributed by atoms with Crippen LogP contribution in [0.5, 0.6) is 0 Å². The SMILES string of the molecule is c1c[nH]c(CCCNC2CCCCCCC2)n1. The smallest absolute Gasteiger partial charge is 0.106 e. The van der Waals surface area contributed by atoms with Gasteiger partial charge in [-0.15, -0.1) is 0 Å². The number of imidazole rings is 1. The van der Waals surface area contributed by atoms with Crippen molar-refractivity contribution in [1.82, 2.24) is 15.3 Å². The van der Waals surface area contributed by atoms with Crippen LogP contribution in [0.25, 0.3) is 0 Å². The standard InChI is InChI=1S/C14H25N3/c1-2-4-7-13(8-5-3-1)15-10-6-9-14-16-11-12-17-14/h11-13,15H,1-10H2,(H,16,17). The monoisotopic (exact) mass is 235 g/mol. The van der Waals surface area contributed by atoms with E-state index < -0.39 is 0 Å². The van der Waals surface area contributed by atoms with Gasteiger partial charge in [0.1, 0.15) is 5.82 Å². The minimum atomic E-state index is 0.770. The summed E-state index contributed by atoms with van der Waals surface area (Å²) in [4.78, 5) is 7.40. The molecule has 3 heteroatoms. The predicted molar refractivity (Wildman–Crippen MR) is 71.0 cm³/mol. The Morgan fingerprint density at radius 2 is 1.94 bits per heavy atom. The van der Waals surface area contributed by atoms with Crippen LogP contribution in [-0.4, -0.2) is 22.6 Å². The molecule has 3 nitrogen and oxygen atoms in total. The van der Waals surface area contributed by atoms with Crippen LogP contribution < -0.4 is 5.32 Å². The highest BCUT2D eigenvalue weighted by Gasteiger charge is 2.09. The van der Waals surface area contributed by atoms with Gasteiger partial charge in [-0.2, -0.15) is 0 Å². The lowest BCUT2D eigenvalue weighted by Gasteiger charge is -2.20. The van der Waals surface area contributed by atoms with Crippen molar-refractivity contribution in [1.29, 1.82) is 0 Å². The predicted octanol–water partition coefficient (Wildman–Crippen LogP) is 3.04. The van der Waals surface area contributed by atoms with Crippen molar-refractivity contribution in [2.75, 3.05) is 6.54 Å². The molecule has 0 saturated heterocycles. The lowest BCUT2D eigenvalue weighted by atomic mass is 9.97. The van der Waals surface area contributed by atoms with Crippen molar-refractivity contribution in [2.24, 2.45) is 0 Å². The summed E-state index contributed by atoms with van der Waals surface area (Å²) in [6, 6.07) is 0.770. The lowest BCUT2D eigenvalue weighted by Crippen LogP contribution is -2.30. The fourth-order valence-corrected chi connectivity index (χ4v) is 2.66. The molecule has 96 valence electrons. The van der Waals surface area contributed by atoms with Gasteiger partial charge in [0.05, 0.1) is 0 Å². The molecule has 0 unspecified atom stereocenters. The van der Waals surface area contributed by atoms with Gasteiger partial charge in [-0.25, -0.2) is 4.98 Å². The number of hydrogen-bond acceptors (Lipinski definition) is 2. The molecule has 2 N–H and O–H groups in total. The van der Waals surface area contributed by atoms with E-state index in [0.29, 0.717) is 0 Å². The van der Waals surface area contributed by atoms with E-state index >= 15 is 0 Å². The molecular weight excluding hydrogens is 210 g/mol. The van der Waals surface area contributed by atoms with Crippen LogP contribution in [0, 0.1) is 0 Å². The molecule has 2 rings (SSSR count). The van der Waals surface area contributed by atoms with Crippen LogP contribution in [0.2, 0.25) is 0 Å². The topological polar surface area (TPSA) is 40.7 Å². The molecule has 17 heavy (non-hydrogen) atoms. The third-order valence-corrected chi connectivity index (χ3v) is 3.68. The summed E-state index contributed by atoms with van der Waals surface area (Å²) in [5.41, 5.74) is 0. The summed E-state index contributed by atoms with van der Waals surface area (Å²) >= 11 is 0. The molecule has 0 bridgehead atoms. The highest BCUT2D eigenvalue weighted by atomic mass is 14.9. The van der Waals surface area contributed by atoms with Crippen molar-refractivity contribution in [2.45, 2.75) is 63.8 Å². The van der Waals surface area contributed by atoms with Gasteiger partial charge >= 0.3 is 0 Å². The Hall–Kier alpha value is -0.830. The maximum Gasteiger partial charge on any atom is 0.106 e. The summed E-state index contributed by atoms with van der Waals surface area (Å²) in [5, 5.41) is 3.71. The van der Waals surface area contributed by atoms with E-state index in [0.717, 1.165) is 24.8 Å². The van der Waals surface area contributed by atoms with Gasteiger partial charge in [0.15, 0.2) is 0 Å². The third kappa shape index (κ3) is 4.90. The van der Waals surface area contributed by atoms with Gasteiger partial charge in [-0.1, -0.05) is 32.1 Å². The lowest BCUT2D eigenvalue weighted by molar-refractivity contribution is 0.388. The van der Waals surface area contributed by atoms with E-state index in [1.807, 2.05) is 12.4 Å². The zero-order valence-corrected chi connectivity index (χ0v) is 10.8. The van der Waals surface area contributed by atoms with Gasteiger partial charge in [0, 0.05) is 24.9 Å². The number of nitrogens with zero attached hydrogens (tertiary/aromatic N) is 1. The second kappa shape index (κ2) is 7.49. The second-order valence-electron chi connectivity index (χ2n) is 5.14. The molecule has 1 heterocycles. The number of aromatic nitrogens is 2. The normalized spacial score (nSPS) is 18.8. The van der Waals surface area contributed by atoms with Crippen molar-refractivity contribution in [3.8, 4) is 0 Å². The Morgan fingerprint density at radius 3 is 2.65 bits per heavy atom. The van der Waals surface area contributed by atoms with E-state index in [-0.39, 0.29) is 0 Å². The number of aromatic amines is 1. The zero-order valence-electron chi connectivity index (χ0n) is 10.8. The third-order valence-electron chi connectivity index (χ3n) is 3.68. The molecule has 0 atom stereocenters. The Bertz CT molecular complexity index is 274. The highest BCUT2D eigenvalue weighted by Crippen LogP contribution is 2.16. The zero-order chi connectivity index (χ0) is 11.8. The number of hydrogen-bond donors (Lipinski definition) is 2. The van der Waals surface area contributed by atoms with Crippen molar-refractivity contribution in [3.05, 3.63) is 18.2 Å². The molecule has 1 aliphatic rings.